The molecule has 1 aromatic rings. The Morgan fingerprint density at radius 2 is 1.67 bits per heavy atom. The molecule has 0 radical (unpaired) electrons. The van der Waals surface area contributed by atoms with E-state index in [0.717, 1.165) is 5.92 Å². The van der Waals surface area contributed by atoms with Gasteiger partial charge in [-0.15, -0.1) is 0 Å². The molecule has 2 rings (SSSR count). The van der Waals surface area contributed by atoms with Crippen molar-refractivity contribution < 1.29 is 17.1 Å². The van der Waals surface area contributed by atoms with Gasteiger partial charge in [0.15, 0.2) is 0 Å². The normalized spacial score (nSPS) is 13.1. The van der Waals surface area contributed by atoms with Crippen molar-refractivity contribution in [3.8, 4) is 0 Å². The first kappa shape index (κ1) is 14.3. The van der Waals surface area contributed by atoms with Crippen molar-refractivity contribution in [2.75, 3.05) is 0 Å². The van der Waals surface area contributed by atoms with Crippen LogP contribution in [0.5, 0.6) is 0 Å². The Hall–Kier alpha value is -0.651. The quantitative estimate of drug-likeness (QED) is 0.547. The van der Waals surface area contributed by atoms with Crippen LogP contribution in [0.15, 0.2) is 54.6 Å². The number of hydrogen-bond donors (Lipinski definition) is 0. The molecule has 0 heterocycles. The van der Waals surface area contributed by atoms with E-state index in [0.29, 0.717) is 0 Å². The van der Waals surface area contributed by atoms with Gasteiger partial charge in [-0.25, -0.2) is 12.1 Å². The predicted octanol–water partition coefficient (Wildman–Crippen LogP) is 4.32. The monoisotopic (exact) mass is 243 g/mol. The van der Waals surface area contributed by atoms with E-state index < -0.39 is 0 Å². The van der Waals surface area contributed by atoms with Crippen molar-refractivity contribution in [3.05, 3.63) is 54.6 Å². The molecule has 1 heteroatoms. The van der Waals surface area contributed by atoms with E-state index in [2.05, 4.69) is 31.2 Å². The summed E-state index contributed by atoms with van der Waals surface area (Å²) in [5.74, 6) is 0.755. The van der Waals surface area contributed by atoms with Gasteiger partial charge >= 0.3 is 17.1 Å². The van der Waals surface area contributed by atoms with Crippen molar-refractivity contribution in [1.29, 1.82) is 0 Å². The van der Waals surface area contributed by atoms with E-state index in [1.54, 1.807) is 0 Å². The average molecular weight is 243 g/mol. The van der Waals surface area contributed by atoms with E-state index >= 15 is 0 Å². The minimum atomic E-state index is 0. The summed E-state index contributed by atoms with van der Waals surface area (Å²) in [6, 6.07) is 10.0. The SMILES string of the molecule is CCCCC1C=CC=C1.[Fe+2].c1cc[cH-]c1. The molecule has 0 amide bonds. The van der Waals surface area contributed by atoms with Crippen LogP contribution in [0, 0.1) is 5.92 Å². The molecular formula is C14H19Fe+. The summed E-state index contributed by atoms with van der Waals surface area (Å²) in [6.07, 6.45) is 12.8. The maximum absolute atomic E-state index is 2.27. The second-order valence-electron chi connectivity index (χ2n) is 3.54. The summed E-state index contributed by atoms with van der Waals surface area (Å²) in [6.45, 7) is 2.24. The third kappa shape index (κ3) is 7.30. The molecule has 0 saturated heterocycles. The van der Waals surface area contributed by atoms with E-state index in [9.17, 15) is 0 Å². The molecule has 0 unspecified atom stereocenters. The Labute approximate surface area is 104 Å². The second-order valence-corrected chi connectivity index (χ2v) is 3.54. The molecule has 1 aliphatic carbocycles. The fraction of sp³-hybridized carbons (Fsp3) is 0.357. The molecule has 0 atom stereocenters. The summed E-state index contributed by atoms with van der Waals surface area (Å²) in [5, 5.41) is 0. The van der Waals surface area contributed by atoms with E-state index in [1.165, 1.54) is 19.3 Å². The topological polar surface area (TPSA) is 0 Å². The van der Waals surface area contributed by atoms with Crippen molar-refractivity contribution in [2.45, 2.75) is 26.2 Å². The largest absolute Gasteiger partial charge is 2.00 e. The second kappa shape index (κ2) is 9.89. The van der Waals surface area contributed by atoms with Crippen LogP contribution < -0.4 is 0 Å². The van der Waals surface area contributed by atoms with Gasteiger partial charge in [0.25, 0.3) is 0 Å². The van der Waals surface area contributed by atoms with E-state index in [4.69, 9.17) is 0 Å². The van der Waals surface area contributed by atoms with Crippen molar-refractivity contribution in [2.24, 2.45) is 5.92 Å². The van der Waals surface area contributed by atoms with Gasteiger partial charge in [-0.1, -0.05) is 44.1 Å². The zero-order chi connectivity index (χ0) is 10.1. The van der Waals surface area contributed by atoms with Crippen LogP contribution in [0.4, 0.5) is 0 Å². The van der Waals surface area contributed by atoms with Crippen LogP contribution >= 0.6 is 0 Å². The van der Waals surface area contributed by atoms with E-state index in [1.807, 2.05) is 30.3 Å². The van der Waals surface area contributed by atoms with Crippen LogP contribution in [0.2, 0.25) is 0 Å². The maximum Gasteiger partial charge on any atom is 2.00 e. The van der Waals surface area contributed by atoms with Gasteiger partial charge in [0.2, 0.25) is 0 Å². The van der Waals surface area contributed by atoms with Gasteiger partial charge in [-0.2, -0.15) is 18.2 Å². The van der Waals surface area contributed by atoms with Crippen LogP contribution in [-0.2, 0) is 17.1 Å². The number of rotatable bonds is 3. The molecule has 0 N–H and O–H groups in total. The molecule has 0 saturated carbocycles. The van der Waals surface area contributed by atoms with Gasteiger partial charge in [-0.05, 0) is 12.3 Å². The molecule has 1 aromatic carbocycles. The fourth-order valence-electron chi connectivity index (χ4n) is 1.43. The zero-order valence-corrected chi connectivity index (χ0v) is 10.4. The Morgan fingerprint density at radius 1 is 1.07 bits per heavy atom. The van der Waals surface area contributed by atoms with Crippen LogP contribution in [0.1, 0.15) is 26.2 Å². The van der Waals surface area contributed by atoms with Crippen LogP contribution in [-0.4, -0.2) is 0 Å². The van der Waals surface area contributed by atoms with Gasteiger partial charge in [-0.3, -0.25) is 0 Å². The van der Waals surface area contributed by atoms with E-state index in [-0.39, 0.29) is 17.1 Å². The fourth-order valence-corrected chi connectivity index (χ4v) is 1.43. The molecule has 0 aliphatic heterocycles. The number of hydrogen-bond acceptors (Lipinski definition) is 0. The molecular weight excluding hydrogens is 224 g/mol. The Balaban J connectivity index is 0.000000280. The smallest absolute Gasteiger partial charge is 0.214 e. The minimum absolute atomic E-state index is 0. The maximum atomic E-state index is 2.27. The van der Waals surface area contributed by atoms with Gasteiger partial charge in [0.1, 0.15) is 0 Å². The molecule has 0 spiro atoms. The molecule has 0 fully saturated rings. The molecule has 82 valence electrons. The Bertz CT molecular complexity index is 228. The number of allylic oxidation sites excluding steroid dienone is 4. The van der Waals surface area contributed by atoms with Gasteiger partial charge in [0.05, 0.1) is 0 Å². The zero-order valence-electron chi connectivity index (χ0n) is 9.25. The first-order chi connectivity index (χ1) is 6.93. The van der Waals surface area contributed by atoms with Crippen molar-refractivity contribution in [1.82, 2.24) is 0 Å². The summed E-state index contributed by atoms with van der Waals surface area (Å²) in [7, 11) is 0. The first-order valence-corrected chi connectivity index (χ1v) is 5.45. The molecule has 1 aliphatic rings. The van der Waals surface area contributed by atoms with Crippen LogP contribution in [0.25, 0.3) is 0 Å². The summed E-state index contributed by atoms with van der Waals surface area (Å²) < 4.78 is 0. The summed E-state index contributed by atoms with van der Waals surface area (Å²) in [4.78, 5) is 0. The summed E-state index contributed by atoms with van der Waals surface area (Å²) in [5.41, 5.74) is 0. The average Bonchev–Trinajstić information content (AvgIpc) is 2.90. The molecule has 15 heavy (non-hydrogen) atoms. The van der Waals surface area contributed by atoms with Crippen LogP contribution in [0.3, 0.4) is 0 Å². The van der Waals surface area contributed by atoms with Gasteiger partial charge < -0.3 is 0 Å². The summed E-state index contributed by atoms with van der Waals surface area (Å²) >= 11 is 0. The molecule has 0 nitrogen and oxygen atoms in total. The van der Waals surface area contributed by atoms with Crippen molar-refractivity contribution >= 4 is 0 Å². The minimum Gasteiger partial charge on any atom is -0.214 e. The third-order valence-corrected chi connectivity index (χ3v) is 2.27. The number of unbranched alkanes of at least 4 members (excludes halogenated alkanes) is 1. The Morgan fingerprint density at radius 3 is 2.07 bits per heavy atom. The van der Waals surface area contributed by atoms with Crippen molar-refractivity contribution in [3.63, 3.8) is 0 Å². The predicted molar refractivity (Wildman–Crippen MR) is 63.3 cm³/mol. The van der Waals surface area contributed by atoms with Gasteiger partial charge in [0, 0.05) is 0 Å². The Kier molecular flexibility index (Phi) is 9.46. The molecule has 0 aromatic heterocycles. The standard InChI is InChI=1S/C9H14.C5H5.Fe/c1-2-3-6-9-7-4-5-8-9;1-2-4-5-3-1;/h4-5,7-9H,2-3,6H2,1H3;1-5H;/q;-1;+2. The molecule has 0 bridgehead atoms. The first-order valence-electron chi connectivity index (χ1n) is 5.45. The third-order valence-electron chi connectivity index (χ3n) is 2.27.